The number of likely N-dealkylation sites (tertiary alicyclic amines) is 1. The minimum Gasteiger partial charge on any atom is -0.348 e. The Morgan fingerprint density at radius 2 is 1.74 bits per heavy atom. The minimum atomic E-state index is -0.347. The van der Waals surface area contributed by atoms with E-state index in [0.29, 0.717) is 31.6 Å². The molecule has 0 saturated carbocycles. The van der Waals surface area contributed by atoms with Crippen LogP contribution in [0, 0.1) is 5.82 Å². The maximum atomic E-state index is 13.2. The molecule has 1 N–H and O–H groups in total. The highest BCUT2D eigenvalue weighted by Gasteiger charge is 2.30. The molecule has 2 aliphatic heterocycles. The van der Waals surface area contributed by atoms with Gasteiger partial charge in [0.1, 0.15) is 11.5 Å². The van der Waals surface area contributed by atoms with E-state index in [0.717, 1.165) is 17.5 Å². The van der Waals surface area contributed by atoms with Crippen molar-refractivity contribution in [2.45, 2.75) is 57.5 Å². The van der Waals surface area contributed by atoms with Gasteiger partial charge >= 0.3 is 0 Å². The Bertz CT molecular complexity index is 1080. The monoisotopic (exact) mass is 478 g/mol. The molecule has 8 heteroatoms. The van der Waals surface area contributed by atoms with Crippen LogP contribution in [0.3, 0.4) is 0 Å². The van der Waals surface area contributed by atoms with Gasteiger partial charge in [0.25, 0.3) is 5.91 Å². The Hall–Kier alpha value is -3.55. The van der Waals surface area contributed by atoms with E-state index >= 15 is 0 Å². The second-order valence-electron chi connectivity index (χ2n) is 9.07. The fourth-order valence-corrected chi connectivity index (χ4v) is 4.62. The van der Waals surface area contributed by atoms with Crippen LogP contribution >= 0.6 is 0 Å². The third-order valence-electron chi connectivity index (χ3n) is 6.66. The van der Waals surface area contributed by atoms with Crippen molar-refractivity contribution < 1.29 is 18.8 Å². The van der Waals surface area contributed by atoms with E-state index in [4.69, 9.17) is 0 Å². The fraction of sp³-hybridized carbons (Fsp3) is 0.407. The molecule has 1 saturated heterocycles. The number of nitrogens with zero attached hydrogens (tertiary/aromatic N) is 3. The van der Waals surface area contributed by atoms with Gasteiger partial charge in [-0.2, -0.15) is 5.10 Å². The summed E-state index contributed by atoms with van der Waals surface area (Å²) in [7, 11) is 0. The van der Waals surface area contributed by atoms with Gasteiger partial charge in [-0.1, -0.05) is 49.4 Å². The fourth-order valence-electron chi connectivity index (χ4n) is 4.62. The normalized spacial score (nSPS) is 17.7. The number of amides is 3. The number of carbonyl (C=O) groups is 3. The van der Waals surface area contributed by atoms with Gasteiger partial charge in [0.2, 0.25) is 11.8 Å². The van der Waals surface area contributed by atoms with Gasteiger partial charge in [-0.05, 0) is 42.5 Å². The number of piperidine rings is 1. The minimum absolute atomic E-state index is 0.0470. The van der Waals surface area contributed by atoms with E-state index < -0.39 is 0 Å². The summed E-state index contributed by atoms with van der Waals surface area (Å²) in [6.45, 7) is 3.40. The molecule has 1 unspecified atom stereocenters. The lowest BCUT2D eigenvalue weighted by atomic mass is 9.93. The zero-order valence-corrected chi connectivity index (χ0v) is 20.0. The first-order valence-corrected chi connectivity index (χ1v) is 12.2. The third kappa shape index (κ3) is 6.12. The summed E-state index contributed by atoms with van der Waals surface area (Å²) < 4.78 is 13.2. The van der Waals surface area contributed by atoms with Crippen molar-refractivity contribution in [3.63, 3.8) is 0 Å². The van der Waals surface area contributed by atoms with Crippen LogP contribution in [0.1, 0.15) is 56.1 Å². The molecular weight excluding hydrogens is 447 g/mol. The molecule has 2 heterocycles. The van der Waals surface area contributed by atoms with Crippen molar-refractivity contribution in [1.29, 1.82) is 0 Å². The first-order chi connectivity index (χ1) is 16.9. The van der Waals surface area contributed by atoms with E-state index in [1.54, 1.807) is 12.1 Å². The molecule has 184 valence electrons. The standard InChI is InChI=1S/C27H31FN4O3/c1-2-23(20-6-4-3-5-7-20)27(35)31-16-14-22(15-17-31)29-26(34)24-12-13-25(33)32(30-24)18-19-8-10-21(28)11-9-19/h3-11,22-23H,2,12-18H2,1H3,(H,29,34). The molecule has 0 radical (unpaired) electrons. The number of nitrogens with one attached hydrogen (secondary N) is 1. The molecule has 4 rings (SSSR count). The third-order valence-corrected chi connectivity index (χ3v) is 6.66. The van der Waals surface area contributed by atoms with Crippen LogP contribution in [0.25, 0.3) is 0 Å². The second kappa shape index (κ2) is 11.3. The molecule has 2 aromatic carbocycles. The van der Waals surface area contributed by atoms with Gasteiger partial charge in [-0.25, -0.2) is 9.40 Å². The number of hydrogen-bond acceptors (Lipinski definition) is 4. The number of halogens is 1. The van der Waals surface area contributed by atoms with Crippen molar-refractivity contribution in [1.82, 2.24) is 15.2 Å². The summed E-state index contributed by atoms with van der Waals surface area (Å²) >= 11 is 0. The van der Waals surface area contributed by atoms with E-state index in [9.17, 15) is 18.8 Å². The lowest BCUT2D eigenvalue weighted by Gasteiger charge is -2.34. The number of carbonyl (C=O) groups excluding carboxylic acids is 3. The van der Waals surface area contributed by atoms with Crippen LogP contribution in [-0.4, -0.2) is 52.5 Å². The van der Waals surface area contributed by atoms with Crippen LogP contribution in [0.5, 0.6) is 0 Å². The Labute approximate surface area is 205 Å². The summed E-state index contributed by atoms with van der Waals surface area (Å²) in [6, 6.07) is 15.7. The zero-order chi connectivity index (χ0) is 24.8. The largest absolute Gasteiger partial charge is 0.348 e. The molecule has 1 atom stereocenters. The summed E-state index contributed by atoms with van der Waals surface area (Å²) in [6.07, 6.45) is 2.59. The smallest absolute Gasteiger partial charge is 0.267 e. The number of benzene rings is 2. The topological polar surface area (TPSA) is 82.1 Å². The van der Waals surface area contributed by atoms with Crippen molar-refractivity contribution in [3.05, 3.63) is 71.5 Å². The molecule has 2 aromatic rings. The molecule has 7 nitrogen and oxygen atoms in total. The molecule has 35 heavy (non-hydrogen) atoms. The Balaban J connectivity index is 1.31. The predicted molar refractivity (Wildman–Crippen MR) is 131 cm³/mol. The molecule has 1 fully saturated rings. The highest BCUT2D eigenvalue weighted by molar-refractivity contribution is 6.39. The lowest BCUT2D eigenvalue weighted by Crippen LogP contribution is -2.49. The van der Waals surface area contributed by atoms with Crippen molar-refractivity contribution in [2.75, 3.05) is 13.1 Å². The first kappa shape index (κ1) is 24.6. The number of hydrogen-bond donors (Lipinski definition) is 1. The Kier molecular flexibility index (Phi) is 7.90. The molecular formula is C27H31FN4O3. The van der Waals surface area contributed by atoms with Gasteiger partial charge in [-0.15, -0.1) is 0 Å². The van der Waals surface area contributed by atoms with Crippen molar-refractivity contribution in [2.24, 2.45) is 5.10 Å². The lowest BCUT2D eigenvalue weighted by molar-refractivity contribution is -0.134. The highest BCUT2D eigenvalue weighted by atomic mass is 19.1. The molecule has 0 spiro atoms. The quantitative estimate of drug-likeness (QED) is 0.660. The maximum Gasteiger partial charge on any atom is 0.267 e. The van der Waals surface area contributed by atoms with E-state index in [-0.39, 0.29) is 54.9 Å². The average Bonchev–Trinajstić information content (AvgIpc) is 2.88. The number of rotatable bonds is 7. The molecule has 0 aromatic heterocycles. The average molecular weight is 479 g/mol. The Morgan fingerprint density at radius 1 is 1.06 bits per heavy atom. The molecule has 3 amide bonds. The summed E-state index contributed by atoms with van der Waals surface area (Å²) in [5, 5.41) is 8.60. The summed E-state index contributed by atoms with van der Waals surface area (Å²) in [5.41, 5.74) is 2.09. The van der Waals surface area contributed by atoms with Gasteiger partial charge < -0.3 is 10.2 Å². The number of hydrazone groups is 1. The van der Waals surface area contributed by atoms with Gasteiger partial charge in [0.05, 0.1) is 12.5 Å². The van der Waals surface area contributed by atoms with Crippen LogP contribution in [-0.2, 0) is 20.9 Å². The molecule has 2 aliphatic rings. The highest BCUT2D eigenvalue weighted by Crippen LogP contribution is 2.24. The van der Waals surface area contributed by atoms with E-state index in [1.165, 1.54) is 17.1 Å². The van der Waals surface area contributed by atoms with Crippen molar-refractivity contribution >= 4 is 23.4 Å². The van der Waals surface area contributed by atoms with Crippen LogP contribution in [0.15, 0.2) is 59.7 Å². The first-order valence-electron chi connectivity index (χ1n) is 12.2. The van der Waals surface area contributed by atoms with Gasteiger partial charge in [0.15, 0.2) is 0 Å². The summed E-state index contributed by atoms with van der Waals surface area (Å²) in [4.78, 5) is 40.1. The SMILES string of the molecule is CCC(C(=O)N1CCC(NC(=O)C2=NN(Cc3ccc(F)cc3)C(=O)CC2)CC1)c1ccccc1. The second-order valence-corrected chi connectivity index (χ2v) is 9.07. The van der Waals surface area contributed by atoms with Crippen LogP contribution in [0.4, 0.5) is 4.39 Å². The zero-order valence-electron chi connectivity index (χ0n) is 20.0. The van der Waals surface area contributed by atoms with Crippen LogP contribution < -0.4 is 5.32 Å². The Morgan fingerprint density at radius 3 is 2.40 bits per heavy atom. The van der Waals surface area contributed by atoms with Gasteiger partial charge in [0, 0.05) is 32.0 Å². The van der Waals surface area contributed by atoms with Crippen LogP contribution in [0.2, 0.25) is 0 Å². The van der Waals surface area contributed by atoms with Gasteiger partial charge in [-0.3, -0.25) is 14.4 Å². The molecule has 0 bridgehead atoms. The van der Waals surface area contributed by atoms with E-state index in [2.05, 4.69) is 10.4 Å². The molecule has 0 aliphatic carbocycles. The predicted octanol–water partition coefficient (Wildman–Crippen LogP) is 3.61. The summed E-state index contributed by atoms with van der Waals surface area (Å²) in [5.74, 6) is -0.803. The van der Waals surface area contributed by atoms with E-state index in [1.807, 2.05) is 42.2 Å². The maximum absolute atomic E-state index is 13.2. The van der Waals surface area contributed by atoms with Crippen molar-refractivity contribution in [3.8, 4) is 0 Å².